The molecular weight excluding hydrogens is 176 g/mol. The molecule has 2 aliphatic rings. The van der Waals surface area contributed by atoms with Crippen LogP contribution in [0.3, 0.4) is 0 Å². The Bertz CT molecular complexity index is 360. The molecule has 2 saturated carbocycles. The van der Waals surface area contributed by atoms with Gasteiger partial charge in [0, 0.05) is 19.4 Å². The van der Waals surface area contributed by atoms with E-state index in [1.54, 1.807) is 6.20 Å². The third kappa shape index (κ3) is 0.934. The highest BCUT2D eigenvalue weighted by molar-refractivity contribution is 5.13. The van der Waals surface area contributed by atoms with Gasteiger partial charge in [-0.3, -0.25) is 0 Å². The number of imidazole rings is 1. The van der Waals surface area contributed by atoms with Gasteiger partial charge in [0.25, 0.3) is 0 Å². The van der Waals surface area contributed by atoms with Crippen molar-refractivity contribution in [3.63, 3.8) is 0 Å². The summed E-state index contributed by atoms with van der Waals surface area (Å²) in [5, 5.41) is 10.6. The Morgan fingerprint density at radius 2 is 2.43 bits per heavy atom. The number of aromatic nitrogens is 2. The fourth-order valence-electron chi connectivity index (χ4n) is 3.36. The first kappa shape index (κ1) is 8.48. The van der Waals surface area contributed by atoms with Gasteiger partial charge in [-0.2, -0.15) is 0 Å². The molecule has 2 bridgehead atoms. The lowest BCUT2D eigenvalue weighted by molar-refractivity contribution is -0.0285. The van der Waals surface area contributed by atoms with Crippen molar-refractivity contribution in [2.75, 3.05) is 0 Å². The summed E-state index contributed by atoms with van der Waals surface area (Å²) in [5.41, 5.74) is -0.624. The second-order valence-corrected chi connectivity index (χ2v) is 4.87. The Kier molecular flexibility index (Phi) is 1.57. The van der Waals surface area contributed by atoms with Gasteiger partial charge < -0.3 is 9.67 Å². The van der Waals surface area contributed by atoms with Crippen molar-refractivity contribution < 1.29 is 5.11 Å². The molecule has 14 heavy (non-hydrogen) atoms. The van der Waals surface area contributed by atoms with E-state index < -0.39 is 5.60 Å². The molecule has 3 unspecified atom stereocenters. The third-order valence-electron chi connectivity index (χ3n) is 4.02. The zero-order valence-corrected chi connectivity index (χ0v) is 8.48. The Balaban J connectivity index is 2.02. The molecule has 1 aromatic heterocycles. The Morgan fingerprint density at radius 3 is 2.93 bits per heavy atom. The van der Waals surface area contributed by atoms with Gasteiger partial charge in [-0.25, -0.2) is 4.98 Å². The maximum Gasteiger partial charge on any atom is 0.140 e. The minimum atomic E-state index is -0.624. The van der Waals surface area contributed by atoms with E-state index in [1.165, 1.54) is 19.3 Å². The van der Waals surface area contributed by atoms with Crippen molar-refractivity contribution in [1.29, 1.82) is 0 Å². The normalized spacial score (nSPS) is 40.7. The predicted octanol–water partition coefficient (Wildman–Crippen LogP) is 1.43. The van der Waals surface area contributed by atoms with Gasteiger partial charge in [0.1, 0.15) is 11.4 Å². The van der Waals surface area contributed by atoms with E-state index in [9.17, 15) is 5.11 Å². The number of rotatable bonds is 1. The second kappa shape index (κ2) is 2.60. The molecule has 0 radical (unpaired) electrons. The predicted molar refractivity (Wildman–Crippen MR) is 52.6 cm³/mol. The molecular formula is C11H16N2O. The molecule has 3 nitrogen and oxygen atoms in total. The minimum absolute atomic E-state index is 0.452. The van der Waals surface area contributed by atoms with Crippen LogP contribution >= 0.6 is 0 Å². The van der Waals surface area contributed by atoms with E-state index in [2.05, 4.69) is 4.98 Å². The fraction of sp³-hybridized carbons (Fsp3) is 0.727. The molecule has 3 heteroatoms. The summed E-state index contributed by atoms with van der Waals surface area (Å²) in [6.45, 7) is 0. The number of aryl methyl sites for hydroxylation is 1. The van der Waals surface area contributed by atoms with Crippen molar-refractivity contribution in [2.24, 2.45) is 18.9 Å². The lowest BCUT2D eigenvalue weighted by atomic mass is 9.83. The van der Waals surface area contributed by atoms with Crippen LogP contribution in [0.15, 0.2) is 12.4 Å². The van der Waals surface area contributed by atoms with Crippen molar-refractivity contribution in [2.45, 2.75) is 31.3 Å². The molecule has 0 aliphatic heterocycles. The summed E-state index contributed by atoms with van der Waals surface area (Å²) in [7, 11) is 1.96. The Labute approximate surface area is 83.8 Å². The van der Waals surface area contributed by atoms with E-state index in [4.69, 9.17) is 0 Å². The highest BCUT2D eigenvalue weighted by Gasteiger charge is 2.52. The maximum absolute atomic E-state index is 10.6. The van der Waals surface area contributed by atoms with Crippen LogP contribution in [0.25, 0.3) is 0 Å². The highest BCUT2D eigenvalue weighted by atomic mass is 16.3. The van der Waals surface area contributed by atoms with Crippen LogP contribution in [0, 0.1) is 11.8 Å². The van der Waals surface area contributed by atoms with Crippen molar-refractivity contribution in [3.05, 3.63) is 18.2 Å². The third-order valence-corrected chi connectivity index (χ3v) is 4.02. The highest BCUT2D eigenvalue weighted by Crippen LogP contribution is 2.54. The molecule has 1 N–H and O–H groups in total. The summed E-state index contributed by atoms with van der Waals surface area (Å²) in [5.74, 6) is 2.06. The number of fused-ring (bicyclic) bond motifs is 2. The Hall–Kier alpha value is -0.830. The number of hydrogen-bond donors (Lipinski definition) is 1. The van der Waals surface area contributed by atoms with E-state index >= 15 is 0 Å². The van der Waals surface area contributed by atoms with Crippen LogP contribution in [0.2, 0.25) is 0 Å². The summed E-state index contributed by atoms with van der Waals surface area (Å²) in [6.07, 6.45) is 8.29. The number of hydrogen-bond acceptors (Lipinski definition) is 2. The summed E-state index contributed by atoms with van der Waals surface area (Å²) in [6, 6.07) is 0. The topological polar surface area (TPSA) is 38.0 Å². The van der Waals surface area contributed by atoms with Crippen LogP contribution in [0.5, 0.6) is 0 Å². The lowest BCUT2D eigenvalue weighted by Gasteiger charge is -2.31. The second-order valence-electron chi connectivity index (χ2n) is 4.87. The number of aliphatic hydroxyl groups is 1. The first-order valence-corrected chi connectivity index (χ1v) is 5.40. The molecule has 3 atom stereocenters. The van der Waals surface area contributed by atoms with Crippen LogP contribution in [-0.2, 0) is 12.6 Å². The molecule has 0 amide bonds. The summed E-state index contributed by atoms with van der Waals surface area (Å²) in [4.78, 5) is 4.30. The van der Waals surface area contributed by atoms with Crippen molar-refractivity contribution in [1.82, 2.24) is 9.55 Å². The first-order valence-electron chi connectivity index (χ1n) is 5.40. The zero-order valence-electron chi connectivity index (χ0n) is 8.48. The zero-order chi connectivity index (χ0) is 9.76. The smallest absolute Gasteiger partial charge is 0.140 e. The van der Waals surface area contributed by atoms with Gasteiger partial charge in [-0.15, -0.1) is 0 Å². The van der Waals surface area contributed by atoms with Gasteiger partial charge in [0.15, 0.2) is 0 Å². The standard InChI is InChI=1S/C11H16N2O/c1-13-5-4-12-10(13)11(14)7-8-2-3-9(11)6-8/h4-5,8-9,14H,2-3,6-7H2,1H3. The van der Waals surface area contributed by atoms with Gasteiger partial charge in [0.05, 0.1) is 0 Å². The minimum Gasteiger partial charge on any atom is -0.382 e. The molecule has 0 spiro atoms. The van der Waals surface area contributed by atoms with Gasteiger partial charge in [0.2, 0.25) is 0 Å². The molecule has 1 heterocycles. The molecule has 0 saturated heterocycles. The summed E-state index contributed by atoms with van der Waals surface area (Å²) >= 11 is 0. The monoisotopic (exact) mass is 192 g/mol. The largest absolute Gasteiger partial charge is 0.382 e. The maximum atomic E-state index is 10.6. The fourth-order valence-corrected chi connectivity index (χ4v) is 3.36. The van der Waals surface area contributed by atoms with E-state index in [1.807, 2.05) is 17.8 Å². The SMILES string of the molecule is Cn1ccnc1C1(O)CC2CCC1C2. The van der Waals surface area contributed by atoms with Crippen LogP contribution in [0.1, 0.15) is 31.5 Å². The quantitative estimate of drug-likeness (QED) is 0.731. The first-order chi connectivity index (χ1) is 6.70. The van der Waals surface area contributed by atoms with E-state index in [-0.39, 0.29) is 0 Å². The average Bonchev–Trinajstić information content (AvgIpc) is 2.78. The van der Waals surface area contributed by atoms with Gasteiger partial charge in [-0.1, -0.05) is 0 Å². The van der Waals surface area contributed by atoms with Crippen LogP contribution < -0.4 is 0 Å². The average molecular weight is 192 g/mol. The summed E-state index contributed by atoms with van der Waals surface area (Å²) < 4.78 is 1.96. The molecule has 2 aliphatic carbocycles. The number of nitrogens with zero attached hydrogens (tertiary/aromatic N) is 2. The van der Waals surface area contributed by atoms with Gasteiger partial charge >= 0.3 is 0 Å². The van der Waals surface area contributed by atoms with E-state index in [0.29, 0.717) is 5.92 Å². The lowest BCUT2D eigenvalue weighted by Crippen LogP contribution is -2.34. The molecule has 1 aromatic rings. The molecule has 76 valence electrons. The van der Waals surface area contributed by atoms with Crippen LogP contribution in [-0.4, -0.2) is 14.7 Å². The van der Waals surface area contributed by atoms with Crippen molar-refractivity contribution in [3.8, 4) is 0 Å². The van der Waals surface area contributed by atoms with Crippen molar-refractivity contribution >= 4 is 0 Å². The van der Waals surface area contributed by atoms with E-state index in [0.717, 1.165) is 18.2 Å². The Morgan fingerprint density at radius 1 is 1.57 bits per heavy atom. The van der Waals surface area contributed by atoms with Crippen LogP contribution in [0.4, 0.5) is 0 Å². The molecule has 3 rings (SSSR count). The van der Waals surface area contributed by atoms with Gasteiger partial charge in [-0.05, 0) is 37.5 Å². The molecule has 2 fully saturated rings. The molecule has 0 aromatic carbocycles.